The predicted molar refractivity (Wildman–Crippen MR) is 94.6 cm³/mol. The summed E-state index contributed by atoms with van der Waals surface area (Å²) in [4.78, 5) is 10.6. The molecule has 0 aliphatic heterocycles. The summed E-state index contributed by atoms with van der Waals surface area (Å²) in [5, 5.41) is -0.0645. The Labute approximate surface area is 139 Å². The molecule has 0 fully saturated rings. The summed E-state index contributed by atoms with van der Waals surface area (Å²) in [6.45, 7) is 4.10. The Morgan fingerprint density at radius 1 is 1.32 bits per heavy atom. The molecule has 2 heterocycles. The van der Waals surface area contributed by atoms with E-state index in [0.29, 0.717) is 0 Å². The number of halogens is 1. The lowest BCUT2D eigenvalue weighted by Gasteiger charge is -2.07. The largest absolute Gasteiger partial charge is 0.312 e. The number of aromatic nitrogens is 3. The van der Waals surface area contributed by atoms with E-state index in [1.165, 1.54) is 4.90 Å². The van der Waals surface area contributed by atoms with Gasteiger partial charge in [0.2, 0.25) is 0 Å². The van der Waals surface area contributed by atoms with Crippen LogP contribution in [0.1, 0.15) is 24.8 Å². The van der Waals surface area contributed by atoms with E-state index in [0.717, 1.165) is 33.9 Å². The van der Waals surface area contributed by atoms with Gasteiger partial charge in [-0.05, 0) is 30.4 Å². The van der Waals surface area contributed by atoms with Crippen molar-refractivity contribution in [2.45, 2.75) is 24.1 Å². The molecule has 1 atom stereocenters. The van der Waals surface area contributed by atoms with E-state index in [1.807, 2.05) is 48.6 Å². The number of pyridine rings is 1. The van der Waals surface area contributed by atoms with Gasteiger partial charge in [-0.3, -0.25) is 0 Å². The highest BCUT2D eigenvalue weighted by atomic mass is 35.5. The molecule has 3 aromatic rings. The summed E-state index contributed by atoms with van der Waals surface area (Å²) in [5.41, 5.74) is 3.91. The van der Waals surface area contributed by atoms with E-state index >= 15 is 0 Å². The molecule has 3 rings (SSSR count). The van der Waals surface area contributed by atoms with Crippen molar-refractivity contribution in [2.75, 3.05) is 5.75 Å². The number of hydrogen-bond donors (Lipinski definition) is 0. The Morgan fingerprint density at radius 3 is 2.82 bits per heavy atom. The molecule has 1 unspecified atom stereocenters. The van der Waals surface area contributed by atoms with Crippen LogP contribution in [-0.4, -0.2) is 20.3 Å². The molecule has 0 aliphatic rings. The van der Waals surface area contributed by atoms with E-state index in [9.17, 15) is 0 Å². The third kappa shape index (κ3) is 2.73. The van der Waals surface area contributed by atoms with Crippen molar-refractivity contribution in [1.82, 2.24) is 14.5 Å². The van der Waals surface area contributed by atoms with E-state index in [-0.39, 0.29) is 5.38 Å². The van der Waals surface area contributed by atoms with Crippen LogP contribution in [0, 0.1) is 0 Å². The van der Waals surface area contributed by atoms with Crippen molar-refractivity contribution in [3.8, 4) is 11.4 Å². The number of aryl methyl sites for hydroxylation is 1. The topological polar surface area (TPSA) is 30.7 Å². The van der Waals surface area contributed by atoms with Gasteiger partial charge >= 0.3 is 0 Å². The number of rotatable bonds is 4. The molecule has 0 aliphatic carbocycles. The lowest BCUT2D eigenvalue weighted by Crippen LogP contribution is -1.95. The molecule has 0 radical (unpaired) electrons. The van der Waals surface area contributed by atoms with E-state index in [4.69, 9.17) is 16.6 Å². The summed E-state index contributed by atoms with van der Waals surface area (Å²) in [7, 11) is 2.01. The molecule has 5 heteroatoms. The average molecular weight is 332 g/mol. The van der Waals surface area contributed by atoms with Gasteiger partial charge in [-0.15, -0.1) is 23.4 Å². The number of alkyl halides is 1. The van der Waals surface area contributed by atoms with Crippen LogP contribution < -0.4 is 0 Å². The van der Waals surface area contributed by atoms with Gasteiger partial charge in [0.25, 0.3) is 0 Å². The lowest BCUT2D eigenvalue weighted by molar-refractivity contribution is 0.935. The Balaban J connectivity index is 2.17. The molecule has 0 amide bonds. The van der Waals surface area contributed by atoms with E-state index in [1.54, 1.807) is 0 Å². The number of imidazole rings is 1. The molecule has 22 heavy (non-hydrogen) atoms. The number of nitrogens with zero attached hydrogens (tertiary/aromatic N) is 3. The maximum Gasteiger partial charge on any atom is 0.160 e. The second kappa shape index (κ2) is 6.31. The Bertz CT molecular complexity index is 811. The van der Waals surface area contributed by atoms with Crippen LogP contribution in [0.5, 0.6) is 0 Å². The maximum atomic E-state index is 6.16. The summed E-state index contributed by atoms with van der Waals surface area (Å²) in [6.07, 6.45) is 1.83. The zero-order valence-corrected chi connectivity index (χ0v) is 14.4. The molecular formula is C17H18ClN3S. The number of benzene rings is 1. The van der Waals surface area contributed by atoms with Crippen LogP contribution >= 0.6 is 23.4 Å². The maximum absolute atomic E-state index is 6.16. The van der Waals surface area contributed by atoms with Gasteiger partial charge in [0.15, 0.2) is 5.65 Å². The molecule has 0 saturated carbocycles. The van der Waals surface area contributed by atoms with Crippen LogP contribution in [0.2, 0.25) is 0 Å². The van der Waals surface area contributed by atoms with Crippen molar-refractivity contribution in [3.63, 3.8) is 0 Å². The standard InChI is InChI=1S/C17H18ClN3S/c1-4-22-15-8-6-5-7-13(15)16-20-14-9-12(11(2)18)10-19-17(14)21(16)3/h5-11H,4H2,1-3H3. The first-order chi connectivity index (χ1) is 10.6. The molecule has 3 nitrogen and oxygen atoms in total. The Morgan fingerprint density at radius 2 is 2.09 bits per heavy atom. The smallest absolute Gasteiger partial charge is 0.160 e. The normalized spacial score (nSPS) is 12.7. The van der Waals surface area contributed by atoms with E-state index in [2.05, 4.69) is 30.1 Å². The first-order valence-corrected chi connectivity index (χ1v) is 8.72. The zero-order valence-electron chi connectivity index (χ0n) is 12.9. The molecule has 0 N–H and O–H groups in total. The molecule has 0 spiro atoms. The average Bonchev–Trinajstić information content (AvgIpc) is 2.84. The molecular weight excluding hydrogens is 314 g/mol. The third-order valence-corrected chi connectivity index (χ3v) is 4.82. The first-order valence-electron chi connectivity index (χ1n) is 7.30. The van der Waals surface area contributed by atoms with Crippen LogP contribution in [0.25, 0.3) is 22.6 Å². The number of thioether (sulfide) groups is 1. The van der Waals surface area contributed by atoms with Gasteiger partial charge in [-0.1, -0.05) is 25.1 Å². The van der Waals surface area contributed by atoms with Gasteiger partial charge in [0.05, 0.1) is 5.38 Å². The highest BCUT2D eigenvalue weighted by Crippen LogP contribution is 2.32. The number of fused-ring (bicyclic) bond motifs is 1. The van der Waals surface area contributed by atoms with Gasteiger partial charge < -0.3 is 4.57 Å². The monoisotopic (exact) mass is 331 g/mol. The van der Waals surface area contributed by atoms with Crippen molar-refractivity contribution in [1.29, 1.82) is 0 Å². The fourth-order valence-corrected chi connectivity index (χ4v) is 3.40. The third-order valence-electron chi connectivity index (χ3n) is 3.62. The van der Waals surface area contributed by atoms with Crippen molar-refractivity contribution in [3.05, 3.63) is 42.1 Å². The summed E-state index contributed by atoms with van der Waals surface area (Å²) < 4.78 is 2.05. The van der Waals surface area contributed by atoms with Crippen LogP contribution in [0.3, 0.4) is 0 Å². The molecule has 0 bridgehead atoms. The van der Waals surface area contributed by atoms with E-state index < -0.39 is 0 Å². The van der Waals surface area contributed by atoms with Crippen molar-refractivity contribution < 1.29 is 0 Å². The summed E-state index contributed by atoms with van der Waals surface area (Å²) in [6, 6.07) is 10.4. The second-order valence-corrected chi connectivity index (χ2v) is 7.11. The SMILES string of the molecule is CCSc1ccccc1-c1nc2cc(C(C)Cl)cnc2n1C. The first kappa shape index (κ1) is 15.4. The van der Waals surface area contributed by atoms with Gasteiger partial charge in [0.1, 0.15) is 11.3 Å². The highest BCUT2D eigenvalue weighted by Gasteiger charge is 2.15. The summed E-state index contributed by atoms with van der Waals surface area (Å²) >= 11 is 7.98. The minimum absolute atomic E-state index is 0.0645. The fourth-order valence-electron chi connectivity index (χ4n) is 2.48. The van der Waals surface area contributed by atoms with Gasteiger partial charge in [0, 0.05) is 23.7 Å². The summed E-state index contributed by atoms with van der Waals surface area (Å²) in [5.74, 6) is 1.98. The minimum atomic E-state index is -0.0645. The van der Waals surface area contributed by atoms with Crippen molar-refractivity contribution in [2.24, 2.45) is 7.05 Å². The molecule has 1 aromatic carbocycles. The fraction of sp³-hybridized carbons (Fsp3) is 0.294. The lowest BCUT2D eigenvalue weighted by atomic mass is 10.2. The van der Waals surface area contributed by atoms with Crippen molar-refractivity contribution >= 4 is 34.5 Å². The Kier molecular flexibility index (Phi) is 4.41. The zero-order chi connectivity index (χ0) is 15.7. The molecule has 2 aromatic heterocycles. The quantitative estimate of drug-likeness (QED) is 0.495. The molecule has 114 valence electrons. The van der Waals surface area contributed by atoms with Gasteiger partial charge in [-0.25, -0.2) is 9.97 Å². The highest BCUT2D eigenvalue weighted by molar-refractivity contribution is 7.99. The predicted octanol–water partition coefficient (Wildman–Crippen LogP) is 5.05. The minimum Gasteiger partial charge on any atom is -0.312 e. The Hall–Kier alpha value is -1.52. The van der Waals surface area contributed by atoms with Crippen LogP contribution in [0.15, 0.2) is 41.4 Å². The second-order valence-electron chi connectivity index (χ2n) is 5.15. The van der Waals surface area contributed by atoms with Crippen LogP contribution in [0.4, 0.5) is 0 Å². The number of hydrogen-bond acceptors (Lipinski definition) is 3. The van der Waals surface area contributed by atoms with Crippen LogP contribution in [-0.2, 0) is 7.05 Å². The molecule has 0 saturated heterocycles. The van der Waals surface area contributed by atoms with Gasteiger partial charge in [-0.2, -0.15) is 0 Å².